The van der Waals surface area contributed by atoms with E-state index in [1.165, 1.54) is 12.7 Å². The molecule has 0 bridgehead atoms. The Bertz CT molecular complexity index is 714. The highest BCUT2D eigenvalue weighted by Gasteiger charge is 2.24. The van der Waals surface area contributed by atoms with Crippen molar-refractivity contribution in [3.05, 3.63) is 70.3 Å². The average molecular weight is 338 g/mol. The highest BCUT2D eigenvalue weighted by Crippen LogP contribution is 2.21. The van der Waals surface area contributed by atoms with E-state index in [1.54, 1.807) is 6.21 Å². The van der Waals surface area contributed by atoms with E-state index in [-0.39, 0.29) is 5.78 Å². The van der Waals surface area contributed by atoms with Crippen molar-refractivity contribution < 1.29 is 9.53 Å². The van der Waals surface area contributed by atoms with E-state index in [0.29, 0.717) is 0 Å². The Labute approximate surface area is 149 Å². The molecule has 2 aromatic rings. The lowest BCUT2D eigenvalue weighted by Crippen LogP contribution is -2.36. The Morgan fingerprint density at radius 2 is 1.76 bits per heavy atom. The van der Waals surface area contributed by atoms with Crippen LogP contribution in [0.15, 0.2) is 47.6 Å². The number of Topliss-reactive ketones (excluding diaryl/α,β-unsaturated/α-hetero) is 1. The Morgan fingerprint density at radius 1 is 1.16 bits per heavy atom. The van der Waals surface area contributed by atoms with Gasteiger partial charge in [0.2, 0.25) is 12.0 Å². The summed E-state index contributed by atoms with van der Waals surface area (Å²) in [5.74, 6) is -0.0820. The number of aryl methyl sites for hydroxylation is 3. The van der Waals surface area contributed by atoms with Gasteiger partial charge in [0.1, 0.15) is 0 Å². The van der Waals surface area contributed by atoms with Gasteiger partial charge in [-0.2, -0.15) is 5.10 Å². The van der Waals surface area contributed by atoms with Gasteiger partial charge in [0, 0.05) is 12.7 Å². The largest absolute Gasteiger partial charge is 0.353 e. The molecule has 0 saturated carbocycles. The molecular formula is C21H26N2O2. The standard InChI is InChI=1S/C21H26N2O2/c1-5-17-12-15(3)13-18(6-2)19(17)20(24)21(25-4)23-22-14-16-10-8-7-9-11-16/h7-14,21,23H,5-6H2,1-4H3/b22-14+. The Morgan fingerprint density at radius 3 is 2.28 bits per heavy atom. The summed E-state index contributed by atoms with van der Waals surface area (Å²) in [4.78, 5) is 13.0. The number of nitrogens with one attached hydrogen (secondary N) is 1. The van der Waals surface area contributed by atoms with E-state index in [0.717, 1.165) is 35.1 Å². The summed E-state index contributed by atoms with van der Waals surface area (Å²) in [5, 5.41) is 4.17. The number of carbonyl (C=O) groups excluding carboxylic acids is 1. The lowest BCUT2D eigenvalue weighted by atomic mass is 9.91. The summed E-state index contributed by atoms with van der Waals surface area (Å²) in [7, 11) is 1.51. The lowest BCUT2D eigenvalue weighted by molar-refractivity contribution is 0.0499. The summed E-state index contributed by atoms with van der Waals surface area (Å²) in [5.41, 5.74) is 7.82. The van der Waals surface area contributed by atoms with Crippen LogP contribution in [-0.2, 0) is 17.6 Å². The maximum atomic E-state index is 13.0. The molecule has 25 heavy (non-hydrogen) atoms. The Hall–Kier alpha value is -2.46. The van der Waals surface area contributed by atoms with Crippen LogP contribution in [0.2, 0.25) is 0 Å². The molecule has 132 valence electrons. The van der Waals surface area contributed by atoms with Gasteiger partial charge in [0.15, 0.2) is 0 Å². The molecule has 0 aliphatic carbocycles. The van der Waals surface area contributed by atoms with Crippen molar-refractivity contribution in [3.8, 4) is 0 Å². The molecule has 4 nitrogen and oxygen atoms in total. The number of ketones is 1. The fourth-order valence-corrected chi connectivity index (χ4v) is 2.88. The predicted molar refractivity (Wildman–Crippen MR) is 102 cm³/mol. The van der Waals surface area contributed by atoms with Gasteiger partial charge in [0.05, 0.1) is 6.21 Å². The normalized spacial score (nSPS) is 12.3. The van der Waals surface area contributed by atoms with E-state index in [2.05, 4.69) is 43.4 Å². The molecule has 0 aromatic heterocycles. The van der Waals surface area contributed by atoms with Crippen LogP contribution in [0.4, 0.5) is 0 Å². The topological polar surface area (TPSA) is 50.7 Å². The first-order chi connectivity index (χ1) is 12.1. The second-order valence-corrected chi connectivity index (χ2v) is 5.94. The number of nitrogens with zero attached hydrogens (tertiary/aromatic N) is 1. The third kappa shape index (κ3) is 4.77. The van der Waals surface area contributed by atoms with Gasteiger partial charge in [-0.25, -0.2) is 0 Å². The van der Waals surface area contributed by atoms with Gasteiger partial charge in [-0.3, -0.25) is 10.2 Å². The molecule has 0 heterocycles. The second kappa shape index (κ2) is 9.14. The van der Waals surface area contributed by atoms with E-state index in [4.69, 9.17) is 4.74 Å². The quantitative estimate of drug-likeness (QED) is 0.344. The molecule has 1 atom stereocenters. The highest BCUT2D eigenvalue weighted by molar-refractivity contribution is 6.02. The molecule has 2 rings (SSSR count). The first kappa shape index (κ1) is 18.9. The smallest absolute Gasteiger partial charge is 0.213 e. The van der Waals surface area contributed by atoms with Gasteiger partial charge in [-0.15, -0.1) is 0 Å². The van der Waals surface area contributed by atoms with Crippen molar-refractivity contribution in [2.45, 2.75) is 39.8 Å². The van der Waals surface area contributed by atoms with E-state index < -0.39 is 6.23 Å². The lowest BCUT2D eigenvalue weighted by Gasteiger charge is -2.19. The fraction of sp³-hybridized carbons (Fsp3) is 0.333. The monoisotopic (exact) mass is 338 g/mol. The van der Waals surface area contributed by atoms with Crippen LogP contribution in [0.3, 0.4) is 0 Å². The molecule has 1 N–H and O–H groups in total. The molecule has 0 fully saturated rings. The van der Waals surface area contributed by atoms with E-state index in [1.807, 2.05) is 30.3 Å². The first-order valence-corrected chi connectivity index (χ1v) is 8.63. The van der Waals surface area contributed by atoms with Crippen LogP contribution in [0.1, 0.15) is 46.5 Å². The van der Waals surface area contributed by atoms with Gasteiger partial charge in [-0.05, 0) is 36.5 Å². The van der Waals surface area contributed by atoms with Crippen LogP contribution in [0.25, 0.3) is 0 Å². The molecule has 0 aliphatic heterocycles. The van der Waals surface area contributed by atoms with Crippen molar-refractivity contribution in [1.29, 1.82) is 0 Å². The van der Waals surface area contributed by atoms with Crippen molar-refractivity contribution >= 4 is 12.0 Å². The van der Waals surface area contributed by atoms with Crippen molar-refractivity contribution in [1.82, 2.24) is 5.43 Å². The molecule has 0 saturated heterocycles. The second-order valence-electron chi connectivity index (χ2n) is 5.94. The summed E-state index contributed by atoms with van der Waals surface area (Å²) in [6.45, 7) is 6.18. The van der Waals surface area contributed by atoms with Crippen LogP contribution < -0.4 is 5.43 Å². The third-order valence-corrected chi connectivity index (χ3v) is 4.13. The van der Waals surface area contributed by atoms with Crippen LogP contribution in [0, 0.1) is 6.92 Å². The minimum absolute atomic E-state index is 0.0820. The van der Waals surface area contributed by atoms with Gasteiger partial charge >= 0.3 is 0 Å². The first-order valence-electron chi connectivity index (χ1n) is 8.63. The molecule has 1 unspecified atom stereocenters. The molecule has 2 aromatic carbocycles. The molecule has 0 radical (unpaired) electrons. The molecule has 0 spiro atoms. The van der Waals surface area contributed by atoms with Crippen molar-refractivity contribution in [2.24, 2.45) is 5.10 Å². The number of rotatable bonds is 8. The number of hydrogen-bond donors (Lipinski definition) is 1. The highest BCUT2D eigenvalue weighted by atomic mass is 16.5. The number of ether oxygens (including phenoxy) is 1. The van der Waals surface area contributed by atoms with Crippen molar-refractivity contribution in [3.63, 3.8) is 0 Å². The number of benzene rings is 2. The maximum Gasteiger partial charge on any atom is 0.213 e. The Kier molecular flexibility index (Phi) is 6.90. The van der Waals surface area contributed by atoms with Crippen LogP contribution in [0.5, 0.6) is 0 Å². The molecular weight excluding hydrogens is 312 g/mol. The van der Waals surface area contributed by atoms with E-state index in [9.17, 15) is 4.79 Å². The van der Waals surface area contributed by atoms with Gasteiger partial charge in [0.25, 0.3) is 0 Å². The zero-order chi connectivity index (χ0) is 18.2. The Balaban J connectivity index is 2.23. The number of methoxy groups -OCH3 is 1. The summed E-state index contributed by atoms with van der Waals surface area (Å²) in [6, 6.07) is 13.9. The summed E-state index contributed by atoms with van der Waals surface area (Å²) in [6.07, 6.45) is 2.48. The summed E-state index contributed by atoms with van der Waals surface area (Å²) >= 11 is 0. The fourth-order valence-electron chi connectivity index (χ4n) is 2.88. The van der Waals surface area contributed by atoms with Gasteiger partial charge in [-0.1, -0.05) is 61.9 Å². The minimum atomic E-state index is -0.807. The third-order valence-electron chi connectivity index (χ3n) is 4.13. The molecule has 0 amide bonds. The SMILES string of the molecule is CCc1cc(C)cc(CC)c1C(=O)C(N/N=C/c1ccccc1)OC. The van der Waals surface area contributed by atoms with Crippen LogP contribution in [-0.4, -0.2) is 25.3 Å². The summed E-state index contributed by atoms with van der Waals surface area (Å²) < 4.78 is 5.36. The van der Waals surface area contributed by atoms with Crippen LogP contribution >= 0.6 is 0 Å². The number of hydrogen-bond acceptors (Lipinski definition) is 4. The number of carbonyl (C=O) groups is 1. The zero-order valence-electron chi connectivity index (χ0n) is 15.4. The maximum absolute atomic E-state index is 13.0. The molecule has 4 heteroatoms. The average Bonchev–Trinajstić information content (AvgIpc) is 2.64. The molecule has 0 aliphatic rings. The van der Waals surface area contributed by atoms with E-state index >= 15 is 0 Å². The zero-order valence-corrected chi connectivity index (χ0v) is 15.4. The minimum Gasteiger partial charge on any atom is -0.353 e. The van der Waals surface area contributed by atoms with Gasteiger partial charge < -0.3 is 4.74 Å². The predicted octanol–water partition coefficient (Wildman–Crippen LogP) is 3.90. The van der Waals surface area contributed by atoms with Crippen molar-refractivity contribution in [2.75, 3.05) is 7.11 Å². The number of hydrazone groups is 1.